The Balaban J connectivity index is 2.04. The Morgan fingerprint density at radius 1 is 1.24 bits per heavy atom. The van der Waals surface area contributed by atoms with Gasteiger partial charge in [-0.15, -0.1) is 0 Å². The van der Waals surface area contributed by atoms with Crippen LogP contribution >= 0.6 is 11.6 Å². The van der Waals surface area contributed by atoms with Gasteiger partial charge in [-0.1, -0.05) is 17.7 Å². The summed E-state index contributed by atoms with van der Waals surface area (Å²) in [5.41, 5.74) is 4.01. The van der Waals surface area contributed by atoms with Crippen LogP contribution in [0, 0.1) is 6.92 Å². The maximum Gasteiger partial charge on any atom is 0.141 e. The van der Waals surface area contributed by atoms with Crippen LogP contribution in [-0.4, -0.2) is 14.7 Å². The van der Waals surface area contributed by atoms with Gasteiger partial charge >= 0.3 is 0 Å². The van der Waals surface area contributed by atoms with Gasteiger partial charge in [0, 0.05) is 11.6 Å². The average molecular weight is 299 g/mol. The van der Waals surface area contributed by atoms with E-state index in [0.717, 1.165) is 33.0 Å². The van der Waals surface area contributed by atoms with Gasteiger partial charge in [0.05, 0.1) is 16.1 Å². The van der Waals surface area contributed by atoms with Crippen molar-refractivity contribution in [2.45, 2.75) is 25.8 Å². The van der Waals surface area contributed by atoms with Gasteiger partial charge in [-0.2, -0.15) is 0 Å². The molecule has 1 N–H and O–H groups in total. The number of benzene rings is 2. The van der Waals surface area contributed by atoms with E-state index in [1.807, 2.05) is 31.2 Å². The molecule has 106 valence electrons. The van der Waals surface area contributed by atoms with Crippen LogP contribution in [0.2, 0.25) is 5.02 Å². The van der Waals surface area contributed by atoms with Crippen molar-refractivity contribution in [3.63, 3.8) is 0 Å². The van der Waals surface area contributed by atoms with Crippen LogP contribution < -0.4 is 0 Å². The quantitative estimate of drug-likeness (QED) is 0.744. The number of aromatic nitrogens is 2. The van der Waals surface area contributed by atoms with Gasteiger partial charge in [0.25, 0.3) is 0 Å². The van der Waals surface area contributed by atoms with Gasteiger partial charge in [0.2, 0.25) is 0 Å². The van der Waals surface area contributed by atoms with Crippen molar-refractivity contribution in [1.82, 2.24) is 9.55 Å². The summed E-state index contributed by atoms with van der Waals surface area (Å²) in [5.74, 6) is 1.22. The Kier molecular flexibility index (Phi) is 2.73. The summed E-state index contributed by atoms with van der Waals surface area (Å²) >= 11 is 6.40. The highest BCUT2D eigenvalue weighted by atomic mass is 35.5. The maximum atomic E-state index is 9.61. The molecule has 1 aromatic heterocycles. The SMILES string of the molecule is Cc1cc(O)ccc1-c1nc2cccc(Cl)c2n1C1CC1. The molecule has 1 heterocycles. The number of para-hydroxylation sites is 1. The molecule has 0 amide bonds. The molecule has 0 saturated heterocycles. The fourth-order valence-electron chi connectivity index (χ4n) is 2.88. The zero-order valence-electron chi connectivity index (χ0n) is 11.7. The van der Waals surface area contributed by atoms with Crippen molar-refractivity contribution in [2.24, 2.45) is 0 Å². The summed E-state index contributed by atoms with van der Waals surface area (Å²) in [4.78, 5) is 4.79. The van der Waals surface area contributed by atoms with E-state index >= 15 is 0 Å². The van der Waals surface area contributed by atoms with Crippen LogP contribution in [-0.2, 0) is 0 Å². The van der Waals surface area contributed by atoms with Crippen molar-refractivity contribution >= 4 is 22.6 Å². The summed E-state index contributed by atoms with van der Waals surface area (Å²) in [6, 6.07) is 11.7. The lowest BCUT2D eigenvalue weighted by atomic mass is 10.1. The van der Waals surface area contributed by atoms with Gasteiger partial charge < -0.3 is 9.67 Å². The number of nitrogens with zero attached hydrogens (tertiary/aromatic N) is 2. The van der Waals surface area contributed by atoms with Crippen LogP contribution in [0.15, 0.2) is 36.4 Å². The largest absolute Gasteiger partial charge is 0.508 e. The Bertz CT molecular complexity index is 849. The highest BCUT2D eigenvalue weighted by Gasteiger charge is 2.29. The molecule has 0 spiro atoms. The number of aryl methyl sites for hydroxylation is 1. The lowest BCUT2D eigenvalue weighted by molar-refractivity contribution is 0.475. The molecule has 3 aromatic rings. The van der Waals surface area contributed by atoms with E-state index in [-0.39, 0.29) is 5.75 Å². The average Bonchev–Trinajstić information content (AvgIpc) is 3.20. The molecule has 0 bridgehead atoms. The lowest BCUT2D eigenvalue weighted by Gasteiger charge is -2.10. The highest BCUT2D eigenvalue weighted by molar-refractivity contribution is 6.35. The number of halogens is 1. The van der Waals surface area contributed by atoms with Gasteiger partial charge in [-0.05, 0) is 55.7 Å². The lowest BCUT2D eigenvalue weighted by Crippen LogP contribution is -1.99. The first kappa shape index (κ1) is 12.7. The van der Waals surface area contributed by atoms with Crippen molar-refractivity contribution in [2.75, 3.05) is 0 Å². The van der Waals surface area contributed by atoms with E-state index in [0.29, 0.717) is 6.04 Å². The minimum absolute atomic E-state index is 0.281. The Labute approximate surface area is 127 Å². The van der Waals surface area contributed by atoms with Crippen LogP contribution in [0.1, 0.15) is 24.4 Å². The third-order valence-corrected chi connectivity index (χ3v) is 4.33. The van der Waals surface area contributed by atoms with E-state index in [1.54, 1.807) is 12.1 Å². The molecule has 1 fully saturated rings. The normalized spacial score (nSPS) is 14.8. The van der Waals surface area contributed by atoms with Gasteiger partial charge in [0.1, 0.15) is 11.6 Å². The first-order chi connectivity index (χ1) is 10.1. The monoisotopic (exact) mass is 298 g/mol. The van der Waals surface area contributed by atoms with E-state index in [4.69, 9.17) is 16.6 Å². The standard InChI is InChI=1S/C17H15ClN2O/c1-10-9-12(21)7-8-13(10)17-19-15-4-2-3-14(18)16(15)20(17)11-5-6-11/h2-4,7-9,11,21H,5-6H2,1H3. The number of phenols is 1. The fourth-order valence-corrected chi connectivity index (χ4v) is 3.14. The summed E-state index contributed by atoms with van der Waals surface area (Å²) in [7, 11) is 0. The number of rotatable bonds is 2. The van der Waals surface area contributed by atoms with Crippen molar-refractivity contribution in [3.8, 4) is 17.1 Å². The molecule has 0 radical (unpaired) electrons. The summed E-state index contributed by atoms with van der Waals surface area (Å²) < 4.78 is 2.26. The van der Waals surface area contributed by atoms with Crippen molar-refractivity contribution < 1.29 is 5.11 Å². The molecule has 1 saturated carbocycles. The van der Waals surface area contributed by atoms with Gasteiger partial charge in [-0.3, -0.25) is 0 Å². The minimum atomic E-state index is 0.281. The van der Waals surface area contributed by atoms with E-state index in [9.17, 15) is 5.11 Å². The third kappa shape index (κ3) is 2.00. The van der Waals surface area contributed by atoms with E-state index in [1.165, 1.54) is 12.8 Å². The van der Waals surface area contributed by atoms with Gasteiger partial charge in [-0.25, -0.2) is 4.98 Å². The second-order valence-electron chi connectivity index (χ2n) is 5.64. The second kappa shape index (κ2) is 4.50. The predicted molar refractivity (Wildman–Crippen MR) is 84.9 cm³/mol. The highest BCUT2D eigenvalue weighted by Crippen LogP contribution is 2.43. The zero-order chi connectivity index (χ0) is 14.6. The molecule has 4 heteroatoms. The molecule has 4 rings (SSSR count). The Morgan fingerprint density at radius 2 is 2.05 bits per heavy atom. The molecular formula is C17H15ClN2O. The molecule has 0 aliphatic heterocycles. The van der Waals surface area contributed by atoms with Crippen LogP contribution in [0.25, 0.3) is 22.4 Å². The first-order valence-corrected chi connectivity index (χ1v) is 7.49. The fraction of sp³-hybridized carbons (Fsp3) is 0.235. The molecule has 0 atom stereocenters. The first-order valence-electron chi connectivity index (χ1n) is 7.11. The topological polar surface area (TPSA) is 38.1 Å². The maximum absolute atomic E-state index is 9.61. The number of aromatic hydroxyl groups is 1. The Morgan fingerprint density at radius 3 is 2.76 bits per heavy atom. The van der Waals surface area contributed by atoms with Crippen molar-refractivity contribution in [3.05, 3.63) is 47.0 Å². The van der Waals surface area contributed by atoms with Crippen LogP contribution in [0.5, 0.6) is 5.75 Å². The molecule has 1 aliphatic carbocycles. The summed E-state index contributed by atoms with van der Waals surface area (Å²) in [6.45, 7) is 1.99. The number of phenolic OH excluding ortho intramolecular Hbond substituents is 1. The van der Waals surface area contributed by atoms with Gasteiger partial charge in [0.15, 0.2) is 0 Å². The number of hydrogen-bond donors (Lipinski definition) is 1. The minimum Gasteiger partial charge on any atom is -0.508 e. The smallest absolute Gasteiger partial charge is 0.141 e. The zero-order valence-corrected chi connectivity index (χ0v) is 12.4. The van der Waals surface area contributed by atoms with Crippen LogP contribution in [0.3, 0.4) is 0 Å². The number of imidazole rings is 1. The number of hydrogen-bond acceptors (Lipinski definition) is 2. The third-order valence-electron chi connectivity index (χ3n) is 4.02. The summed E-state index contributed by atoms with van der Waals surface area (Å²) in [6.07, 6.45) is 2.33. The molecule has 1 aliphatic rings. The molecule has 21 heavy (non-hydrogen) atoms. The molecular weight excluding hydrogens is 284 g/mol. The van der Waals surface area contributed by atoms with E-state index in [2.05, 4.69) is 4.57 Å². The Hall–Kier alpha value is -2.00. The second-order valence-corrected chi connectivity index (χ2v) is 6.05. The predicted octanol–water partition coefficient (Wildman–Crippen LogP) is 4.71. The molecule has 2 aromatic carbocycles. The van der Waals surface area contributed by atoms with Crippen LogP contribution in [0.4, 0.5) is 0 Å². The van der Waals surface area contributed by atoms with Crippen molar-refractivity contribution in [1.29, 1.82) is 0 Å². The summed E-state index contributed by atoms with van der Waals surface area (Å²) in [5, 5.41) is 10.4. The number of fused-ring (bicyclic) bond motifs is 1. The van der Waals surface area contributed by atoms with E-state index < -0.39 is 0 Å². The molecule has 3 nitrogen and oxygen atoms in total. The molecule has 0 unspecified atom stereocenters.